The molecular weight excluding hydrogens is 226 g/mol. The third-order valence-corrected chi connectivity index (χ3v) is 2.40. The quantitative estimate of drug-likeness (QED) is 0.629. The number of aromatic amines is 1. The Labute approximate surface area is 99.0 Å². The number of hydrogen-bond donors (Lipinski definition) is 3. The van der Waals surface area contributed by atoms with Crippen LogP contribution in [-0.4, -0.2) is 26.1 Å². The minimum Gasteiger partial charge on any atom is -0.393 e. The average molecular weight is 241 g/mol. The lowest BCUT2D eigenvalue weighted by molar-refractivity contribution is -0.124. The third kappa shape index (κ3) is 3.27. The Hall–Kier alpha value is -1.50. The second kappa shape index (κ2) is 5.55. The van der Waals surface area contributed by atoms with E-state index in [0.29, 0.717) is 12.4 Å². The Morgan fingerprint density at radius 3 is 2.81 bits per heavy atom. The van der Waals surface area contributed by atoms with Crippen LogP contribution in [0.5, 0.6) is 0 Å². The zero-order valence-electron chi connectivity index (χ0n) is 9.23. The van der Waals surface area contributed by atoms with Crippen LogP contribution in [-0.2, 0) is 11.3 Å². The summed E-state index contributed by atoms with van der Waals surface area (Å²) in [5.74, 6) is 0.0443. The van der Waals surface area contributed by atoms with E-state index >= 15 is 0 Å². The minimum atomic E-state index is -0.446. The number of rotatable bonds is 5. The summed E-state index contributed by atoms with van der Waals surface area (Å²) >= 11 is 4.86. The van der Waals surface area contributed by atoms with E-state index in [1.165, 1.54) is 6.33 Å². The van der Waals surface area contributed by atoms with Gasteiger partial charge in [0.05, 0.1) is 17.5 Å². The molecular formula is C9H15N5OS. The van der Waals surface area contributed by atoms with Crippen molar-refractivity contribution < 1.29 is 4.79 Å². The second-order valence-electron chi connectivity index (χ2n) is 3.77. The summed E-state index contributed by atoms with van der Waals surface area (Å²) in [5.41, 5.74) is 5.52. The molecule has 0 fully saturated rings. The molecule has 1 aromatic rings. The van der Waals surface area contributed by atoms with Crippen LogP contribution in [0.25, 0.3) is 0 Å². The van der Waals surface area contributed by atoms with Crippen molar-refractivity contribution in [2.45, 2.75) is 20.4 Å². The summed E-state index contributed by atoms with van der Waals surface area (Å²) in [7, 11) is 0. The van der Waals surface area contributed by atoms with Gasteiger partial charge in [-0.3, -0.25) is 9.89 Å². The van der Waals surface area contributed by atoms with Gasteiger partial charge >= 0.3 is 0 Å². The van der Waals surface area contributed by atoms with Crippen molar-refractivity contribution >= 4 is 23.1 Å². The van der Waals surface area contributed by atoms with Gasteiger partial charge in [-0.15, -0.1) is 0 Å². The smallest absolute Gasteiger partial charge is 0.230 e. The molecule has 0 aliphatic carbocycles. The Morgan fingerprint density at radius 2 is 2.38 bits per heavy atom. The van der Waals surface area contributed by atoms with Gasteiger partial charge in [-0.05, 0) is 5.92 Å². The normalized spacial score (nSPS) is 12.4. The van der Waals surface area contributed by atoms with Crippen LogP contribution in [0.2, 0.25) is 0 Å². The Balaban J connectivity index is 2.53. The van der Waals surface area contributed by atoms with Crippen molar-refractivity contribution in [3.8, 4) is 0 Å². The first-order valence-electron chi connectivity index (χ1n) is 4.93. The maximum Gasteiger partial charge on any atom is 0.230 e. The van der Waals surface area contributed by atoms with E-state index in [9.17, 15) is 4.79 Å². The first kappa shape index (κ1) is 12.6. The van der Waals surface area contributed by atoms with Gasteiger partial charge in [0.25, 0.3) is 0 Å². The van der Waals surface area contributed by atoms with Crippen LogP contribution in [0.1, 0.15) is 19.7 Å². The Morgan fingerprint density at radius 1 is 1.69 bits per heavy atom. The molecule has 1 unspecified atom stereocenters. The maximum absolute atomic E-state index is 11.8. The highest BCUT2D eigenvalue weighted by Crippen LogP contribution is 2.11. The van der Waals surface area contributed by atoms with Gasteiger partial charge in [-0.25, -0.2) is 4.98 Å². The Kier molecular flexibility index (Phi) is 4.36. The van der Waals surface area contributed by atoms with Crippen molar-refractivity contribution in [3.63, 3.8) is 0 Å². The highest BCUT2D eigenvalue weighted by Gasteiger charge is 2.24. The molecule has 0 saturated heterocycles. The molecule has 88 valence electrons. The number of carbonyl (C=O) groups excluding carboxylic acids is 1. The molecule has 16 heavy (non-hydrogen) atoms. The van der Waals surface area contributed by atoms with E-state index in [1.807, 2.05) is 13.8 Å². The van der Waals surface area contributed by atoms with Crippen LogP contribution in [0.3, 0.4) is 0 Å². The summed E-state index contributed by atoms with van der Waals surface area (Å²) < 4.78 is 0. The van der Waals surface area contributed by atoms with E-state index in [0.717, 1.165) is 0 Å². The summed E-state index contributed by atoms with van der Waals surface area (Å²) in [5, 5.41) is 9.03. The maximum atomic E-state index is 11.8. The predicted molar refractivity (Wildman–Crippen MR) is 63.3 cm³/mol. The zero-order chi connectivity index (χ0) is 12.1. The van der Waals surface area contributed by atoms with Gasteiger partial charge in [-0.1, -0.05) is 26.1 Å². The number of thiocarbonyl (C=S) groups is 1. The van der Waals surface area contributed by atoms with Crippen molar-refractivity contribution in [2.24, 2.45) is 17.6 Å². The number of H-pyrrole nitrogens is 1. The molecule has 0 aliphatic heterocycles. The molecule has 6 nitrogen and oxygen atoms in total. The summed E-state index contributed by atoms with van der Waals surface area (Å²) in [6.45, 7) is 4.10. The van der Waals surface area contributed by atoms with Gasteiger partial charge in [0.2, 0.25) is 5.91 Å². The highest BCUT2D eigenvalue weighted by atomic mass is 32.1. The largest absolute Gasteiger partial charge is 0.393 e. The fourth-order valence-corrected chi connectivity index (χ4v) is 1.74. The molecule has 0 spiro atoms. The summed E-state index contributed by atoms with van der Waals surface area (Å²) in [4.78, 5) is 15.9. The molecule has 4 N–H and O–H groups in total. The van der Waals surface area contributed by atoms with E-state index in [4.69, 9.17) is 18.0 Å². The number of nitrogens with zero attached hydrogens (tertiary/aromatic N) is 2. The third-order valence-electron chi connectivity index (χ3n) is 2.15. The van der Waals surface area contributed by atoms with Gasteiger partial charge < -0.3 is 11.1 Å². The molecule has 0 aliphatic rings. The number of nitrogens with two attached hydrogens (primary N) is 1. The molecule has 0 radical (unpaired) electrons. The van der Waals surface area contributed by atoms with Crippen molar-refractivity contribution in [1.82, 2.24) is 20.5 Å². The molecule has 7 heteroatoms. The molecule has 1 aromatic heterocycles. The average Bonchev–Trinajstić information content (AvgIpc) is 2.65. The molecule has 1 rings (SSSR count). The number of hydrogen-bond acceptors (Lipinski definition) is 4. The first-order chi connectivity index (χ1) is 7.52. The molecule has 1 amide bonds. The highest BCUT2D eigenvalue weighted by molar-refractivity contribution is 7.80. The zero-order valence-corrected chi connectivity index (χ0v) is 10.0. The van der Waals surface area contributed by atoms with E-state index in [1.54, 1.807) is 0 Å². The summed E-state index contributed by atoms with van der Waals surface area (Å²) in [6, 6.07) is 0. The monoisotopic (exact) mass is 241 g/mol. The first-order valence-corrected chi connectivity index (χ1v) is 5.34. The van der Waals surface area contributed by atoms with Crippen molar-refractivity contribution in [2.75, 3.05) is 0 Å². The van der Waals surface area contributed by atoms with Crippen LogP contribution in [0.15, 0.2) is 6.33 Å². The predicted octanol–water partition coefficient (Wildman–Crippen LogP) is -0.0208. The number of amides is 1. The SMILES string of the molecule is CC(C)C(C(=O)NCc1ncn[nH]1)C(N)=S. The number of nitrogens with one attached hydrogen (secondary N) is 2. The van der Waals surface area contributed by atoms with E-state index in [2.05, 4.69) is 20.5 Å². The lowest BCUT2D eigenvalue weighted by Crippen LogP contribution is -2.40. The molecule has 0 bridgehead atoms. The summed E-state index contributed by atoms with van der Waals surface area (Å²) in [6.07, 6.45) is 1.38. The van der Waals surface area contributed by atoms with Gasteiger partial charge in [0.1, 0.15) is 12.2 Å². The molecule has 1 atom stereocenters. The van der Waals surface area contributed by atoms with Crippen LogP contribution < -0.4 is 11.1 Å². The van der Waals surface area contributed by atoms with Crippen molar-refractivity contribution in [3.05, 3.63) is 12.2 Å². The lowest BCUT2D eigenvalue weighted by atomic mass is 9.95. The fourth-order valence-electron chi connectivity index (χ4n) is 1.36. The van der Waals surface area contributed by atoms with E-state index < -0.39 is 5.92 Å². The van der Waals surface area contributed by atoms with E-state index in [-0.39, 0.29) is 16.8 Å². The van der Waals surface area contributed by atoms with Gasteiger partial charge in [-0.2, -0.15) is 5.10 Å². The number of aromatic nitrogens is 3. The topological polar surface area (TPSA) is 96.7 Å². The second-order valence-corrected chi connectivity index (χ2v) is 4.25. The molecule has 1 heterocycles. The minimum absolute atomic E-state index is 0.0761. The molecule has 0 aromatic carbocycles. The standard InChI is InChI=1S/C9H15N5OS/c1-5(2)7(8(10)16)9(15)11-3-6-12-4-13-14-6/h4-5,7H,3H2,1-2H3,(H2,10,16)(H,11,15)(H,12,13,14). The van der Waals surface area contributed by atoms with Crippen molar-refractivity contribution in [1.29, 1.82) is 0 Å². The van der Waals surface area contributed by atoms with Crippen LogP contribution in [0.4, 0.5) is 0 Å². The fraction of sp³-hybridized carbons (Fsp3) is 0.556. The molecule has 0 saturated carbocycles. The van der Waals surface area contributed by atoms with Crippen LogP contribution >= 0.6 is 12.2 Å². The van der Waals surface area contributed by atoms with Gasteiger partial charge in [0.15, 0.2) is 0 Å². The lowest BCUT2D eigenvalue weighted by Gasteiger charge is -2.18. The van der Waals surface area contributed by atoms with Crippen LogP contribution in [0, 0.1) is 11.8 Å². The Bertz CT molecular complexity index is 362. The van der Waals surface area contributed by atoms with Gasteiger partial charge in [0, 0.05) is 0 Å². The number of carbonyl (C=O) groups is 1.